The fourth-order valence-corrected chi connectivity index (χ4v) is 2.58. The molecule has 20 heavy (non-hydrogen) atoms. The molecule has 0 unspecified atom stereocenters. The second-order valence-corrected chi connectivity index (χ2v) is 7.03. The van der Waals surface area contributed by atoms with Crippen LogP contribution in [-0.2, 0) is 14.6 Å². The molecule has 1 aromatic carbocycles. The highest BCUT2D eigenvalue weighted by atomic mass is 32.2. The molecule has 0 aromatic heterocycles. The predicted molar refractivity (Wildman–Crippen MR) is 81.6 cm³/mol. The molecule has 0 atom stereocenters. The van der Waals surface area contributed by atoms with Crippen LogP contribution in [0.1, 0.15) is 45.4 Å². The van der Waals surface area contributed by atoms with Crippen molar-refractivity contribution in [2.45, 2.75) is 50.3 Å². The highest BCUT2D eigenvalue weighted by molar-refractivity contribution is 7.90. The van der Waals surface area contributed by atoms with Crippen molar-refractivity contribution >= 4 is 21.4 Å². The summed E-state index contributed by atoms with van der Waals surface area (Å²) in [6.45, 7) is 2.15. The van der Waals surface area contributed by atoms with Crippen LogP contribution in [0.4, 0.5) is 5.69 Å². The molecule has 4 nitrogen and oxygen atoms in total. The average molecular weight is 297 g/mol. The van der Waals surface area contributed by atoms with Crippen molar-refractivity contribution in [1.29, 1.82) is 0 Å². The van der Waals surface area contributed by atoms with Crippen LogP contribution in [0.15, 0.2) is 29.2 Å². The zero-order valence-corrected chi connectivity index (χ0v) is 13.0. The lowest BCUT2D eigenvalue weighted by Gasteiger charge is -2.06. The van der Waals surface area contributed by atoms with Crippen molar-refractivity contribution in [2.24, 2.45) is 0 Å². The van der Waals surface area contributed by atoms with Gasteiger partial charge in [-0.3, -0.25) is 4.79 Å². The Morgan fingerprint density at radius 1 is 1.15 bits per heavy atom. The molecule has 0 aliphatic carbocycles. The first-order chi connectivity index (χ1) is 9.43. The van der Waals surface area contributed by atoms with E-state index in [4.69, 9.17) is 0 Å². The molecule has 1 N–H and O–H groups in total. The van der Waals surface area contributed by atoms with E-state index in [1.165, 1.54) is 25.0 Å². The van der Waals surface area contributed by atoms with Gasteiger partial charge in [-0.15, -0.1) is 0 Å². The lowest BCUT2D eigenvalue weighted by Crippen LogP contribution is -2.11. The maximum absolute atomic E-state index is 11.7. The molecule has 0 fully saturated rings. The normalized spacial score (nSPS) is 11.3. The van der Waals surface area contributed by atoms with Gasteiger partial charge >= 0.3 is 0 Å². The molecule has 1 aromatic rings. The Hall–Kier alpha value is -1.36. The first-order valence-electron chi connectivity index (χ1n) is 7.03. The van der Waals surface area contributed by atoms with Gasteiger partial charge in [-0.25, -0.2) is 8.42 Å². The Morgan fingerprint density at radius 3 is 2.50 bits per heavy atom. The summed E-state index contributed by atoms with van der Waals surface area (Å²) >= 11 is 0. The molecule has 1 amide bonds. The van der Waals surface area contributed by atoms with Gasteiger partial charge in [0.15, 0.2) is 9.84 Å². The van der Waals surface area contributed by atoms with Gasteiger partial charge < -0.3 is 5.32 Å². The summed E-state index contributed by atoms with van der Waals surface area (Å²) in [4.78, 5) is 12.0. The zero-order valence-electron chi connectivity index (χ0n) is 12.2. The number of unbranched alkanes of at least 4 members (excludes halogenated alkanes) is 4. The van der Waals surface area contributed by atoms with Crippen LogP contribution < -0.4 is 5.32 Å². The van der Waals surface area contributed by atoms with Crippen molar-refractivity contribution in [3.63, 3.8) is 0 Å². The molecule has 0 spiro atoms. The Balaban J connectivity index is 2.46. The summed E-state index contributed by atoms with van der Waals surface area (Å²) in [6.07, 6.45) is 7.12. The fourth-order valence-electron chi connectivity index (χ4n) is 1.92. The van der Waals surface area contributed by atoms with Gasteiger partial charge in [-0.05, 0) is 24.6 Å². The minimum Gasteiger partial charge on any atom is -0.326 e. The number of amides is 1. The Labute approximate surface area is 121 Å². The maximum atomic E-state index is 11.7. The quantitative estimate of drug-likeness (QED) is 0.748. The molecule has 0 bridgehead atoms. The van der Waals surface area contributed by atoms with Gasteiger partial charge in [-0.2, -0.15) is 0 Å². The number of anilines is 1. The molecule has 0 aliphatic rings. The molecular formula is C15H23NO3S. The zero-order chi connectivity index (χ0) is 15.0. The third kappa shape index (κ3) is 6.19. The topological polar surface area (TPSA) is 63.2 Å². The molecule has 0 aliphatic heterocycles. The van der Waals surface area contributed by atoms with Gasteiger partial charge in [0.25, 0.3) is 0 Å². The van der Waals surface area contributed by atoms with Crippen LogP contribution in [0, 0.1) is 0 Å². The third-order valence-electron chi connectivity index (χ3n) is 3.05. The lowest BCUT2D eigenvalue weighted by atomic mass is 10.1. The molecular weight excluding hydrogens is 274 g/mol. The van der Waals surface area contributed by atoms with Crippen LogP contribution in [0.25, 0.3) is 0 Å². The van der Waals surface area contributed by atoms with E-state index in [9.17, 15) is 13.2 Å². The van der Waals surface area contributed by atoms with E-state index in [1.54, 1.807) is 12.1 Å². The number of carbonyl (C=O) groups excluding carboxylic acids is 1. The Morgan fingerprint density at radius 2 is 1.85 bits per heavy atom. The van der Waals surface area contributed by atoms with E-state index in [0.29, 0.717) is 12.1 Å². The van der Waals surface area contributed by atoms with Crippen molar-refractivity contribution in [3.05, 3.63) is 24.3 Å². The summed E-state index contributed by atoms with van der Waals surface area (Å²) in [6, 6.07) is 6.34. The number of sulfone groups is 1. The number of hydrogen-bond acceptors (Lipinski definition) is 3. The van der Waals surface area contributed by atoms with E-state index in [-0.39, 0.29) is 10.8 Å². The van der Waals surface area contributed by atoms with Crippen LogP contribution in [-0.4, -0.2) is 20.6 Å². The molecule has 112 valence electrons. The molecule has 5 heteroatoms. The molecule has 0 heterocycles. The van der Waals surface area contributed by atoms with E-state index in [1.807, 2.05) is 0 Å². The summed E-state index contributed by atoms with van der Waals surface area (Å²) in [5.41, 5.74) is 0.534. The van der Waals surface area contributed by atoms with E-state index >= 15 is 0 Å². The van der Waals surface area contributed by atoms with Crippen LogP contribution in [0.5, 0.6) is 0 Å². The van der Waals surface area contributed by atoms with Crippen LogP contribution in [0.3, 0.4) is 0 Å². The Kier molecular flexibility index (Phi) is 6.71. The van der Waals surface area contributed by atoms with Crippen molar-refractivity contribution in [3.8, 4) is 0 Å². The van der Waals surface area contributed by atoms with Crippen molar-refractivity contribution < 1.29 is 13.2 Å². The molecule has 0 radical (unpaired) electrons. The van der Waals surface area contributed by atoms with Gasteiger partial charge in [0.2, 0.25) is 5.91 Å². The molecule has 0 saturated heterocycles. The summed E-state index contributed by atoms with van der Waals surface area (Å²) in [5, 5.41) is 2.74. The highest BCUT2D eigenvalue weighted by Crippen LogP contribution is 2.16. The number of carbonyl (C=O) groups is 1. The van der Waals surface area contributed by atoms with E-state index in [2.05, 4.69) is 12.2 Å². The number of benzene rings is 1. The first-order valence-corrected chi connectivity index (χ1v) is 8.92. The van der Waals surface area contributed by atoms with Gasteiger partial charge in [0.1, 0.15) is 0 Å². The van der Waals surface area contributed by atoms with E-state index in [0.717, 1.165) is 25.5 Å². The maximum Gasteiger partial charge on any atom is 0.224 e. The number of hydrogen-bond donors (Lipinski definition) is 1. The standard InChI is InChI=1S/C15H23NO3S/c1-3-4-5-6-7-11-15(17)16-13-9-8-10-14(12-13)20(2,18)19/h8-10,12H,3-7,11H2,1-2H3,(H,16,17). The smallest absolute Gasteiger partial charge is 0.224 e. The SMILES string of the molecule is CCCCCCCC(=O)Nc1cccc(S(C)(=O)=O)c1. The first kappa shape index (κ1) is 16.7. The second-order valence-electron chi connectivity index (χ2n) is 5.01. The molecule has 1 rings (SSSR count). The monoisotopic (exact) mass is 297 g/mol. The van der Waals surface area contributed by atoms with Crippen LogP contribution in [0.2, 0.25) is 0 Å². The molecule has 0 saturated carbocycles. The minimum absolute atomic E-state index is 0.0628. The Bertz CT molecular complexity index is 538. The summed E-state index contributed by atoms with van der Waals surface area (Å²) in [5.74, 6) is -0.0628. The largest absolute Gasteiger partial charge is 0.326 e. The van der Waals surface area contributed by atoms with E-state index < -0.39 is 9.84 Å². The highest BCUT2D eigenvalue weighted by Gasteiger charge is 2.08. The fraction of sp³-hybridized carbons (Fsp3) is 0.533. The van der Waals surface area contributed by atoms with Crippen molar-refractivity contribution in [1.82, 2.24) is 0 Å². The number of rotatable bonds is 8. The van der Waals surface area contributed by atoms with Crippen molar-refractivity contribution in [2.75, 3.05) is 11.6 Å². The van der Waals surface area contributed by atoms with Gasteiger partial charge in [0, 0.05) is 18.4 Å². The lowest BCUT2D eigenvalue weighted by molar-refractivity contribution is -0.116. The second kappa shape index (κ2) is 8.04. The third-order valence-corrected chi connectivity index (χ3v) is 4.16. The summed E-state index contributed by atoms with van der Waals surface area (Å²) in [7, 11) is -3.24. The van der Waals surface area contributed by atoms with Crippen LogP contribution >= 0.6 is 0 Å². The average Bonchev–Trinajstić information content (AvgIpc) is 2.38. The van der Waals surface area contributed by atoms with Gasteiger partial charge in [-0.1, -0.05) is 38.7 Å². The minimum atomic E-state index is -3.24. The number of nitrogens with one attached hydrogen (secondary N) is 1. The van der Waals surface area contributed by atoms with Gasteiger partial charge in [0.05, 0.1) is 4.90 Å². The predicted octanol–water partition coefficient (Wildman–Crippen LogP) is 3.39. The summed E-state index contributed by atoms with van der Waals surface area (Å²) < 4.78 is 22.9.